The molecule has 1 aliphatic heterocycles. The molecule has 5 nitrogen and oxygen atoms in total. The van der Waals surface area contributed by atoms with Gasteiger partial charge in [0.2, 0.25) is 5.76 Å². The Hall–Kier alpha value is -3.57. The second-order valence-corrected chi connectivity index (χ2v) is 8.94. The number of rotatable bonds is 5. The van der Waals surface area contributed by atoms with Gasteiger partial charge in [0.25, 0.3) is 5.91 Å². The lowest BCUT2D eigenvalue weighted by Crippen LogP contribution is -2.29. The molecule has 1 unspecified atom stereocenters. The molecule has 1 aliphatic rings. The van der Waals surface area contributed by atoms with Crippen LogP contribution in [0.5, 0.6) is 5.75 Å². The zero-order chi connectivity index (χ0) is 24.0. The minimum absolute atomic E-state index is 0.0895. The normalized spacial score (nSPS) is 15.1. The molecule has 1 aromatic heterocycles. The van der Waals surface area contributed by atoms with Gasteiger partial charge in [-0.3, -0.25) is 9.59 Å². The summed E-state index contributed by atoms with van der Waals surface area (Å²) in [4.78, 5) is 29.1. The molecule has 34 heavy (non-hydrogen) atoms. The molecule has 0 N–H and O–H groups in total. The van der Waals surface area contributed by atoms with Gasteiger partial charge in [0.1, 0.15) is 11.3 Å². The second-order valence-electron chi connectivity index (χ2n) is 8.54. The summed E-state index contributed by atoms with van der Waals surface area (Å²) in [6, 6.07) is 17.9. The number of halogens is 1. The maximum absolute atomic E-state index is 13.8. The highest BCUT2D eigenvalue weighted by atomic mass is 35.5. The molecule has 1 atom stereocenters. The number of aryl methyl sites for hydroxylation is 2. The summed E-state index contributed by atoms with van der Waals surface area (Å²) in [7, 11) is 0. The van der Waals surface area contributed by atoms with Crippen molar-refractivity contribution in [3.8, 4) is 5.75 Å². The number of carbonyl (C=O) groups excluding carboxylic acids is 1. The number of fused-ring (bicyclic) bond motifs is 2. The maximum Gasteiger partial charge on any atom is 0.291 e. The number of ether oxygens (including phenoxy) is 1. The summed E-state index contributed by atoms with van der Waals surface area (Å²) in [5.41, 5.74) is 4.19. The van der Waals surface area contributed by atoms with E-state index in [0.717, 1.165) is 28.0 Å². The first-order valence-corrected chi connectivity index (χ1v) is 11.6. The summed E-state index contributed by atoms with van der Waals surface area (Å²) in [5, 5.41) is 1.04. The van der Waals surface area contributed by atoms with E-state index in [1.807, 2.05) is 75.4 Å². The van der Waals surface area contributed by atoms with Crippen LogP contribution in [0.4, 0.5) is 0 Å². The maximum atomic E-state index is 13.8. The van der Waals surface area contributed by atoms with E-state index in [9.17, 15) is 9.59 Å². The van der Waals surface area contributed by atoms with Crippen LogP contribution < -0.4 is 10.2 Å². The van der Waals surface area contributed by atoms with Crippen LogP contribution in [0, 0.1) is 13.8 Å². The fourth-order valence-corrected chi connectivity index (χ4v) is 4.70. The Labute approximate surface area is 202 Å². The molecule has 1 amide bonds. The molecule has 0 saturated carbocycles. The van der Waals surface area contributed by atoms with Gasteiger partial charge in [-0.15, -0.1) is 0 Å². The van der Waals surface area contributed by atoms with Crippen LogP contribution in [0.25, 0.3) is 11.0 Å². The summed E-state index contributed by atoms with van der Waals surface area (Å²) in [5.74, 6) is 0.489. The molecular formula is C28H24ClNO4. The van der Waals surface area contributed by atoms with Gasteiger partial charge in [0, 0.05) is 11.6 Å². The van der Waals surface area contributed by atoms with Crippen molar-refractivity contribution in [2.75, 3.05) is 6.61 Å². The van der Waals surface area contributed by atoms with Crippen molar-refractivity contribution >= 4 is 28.5 Å². The number of carbonyl (C=O) groups is 1. The Bertz CT molecular complexity index is 1470. The minimum Gasteiger partial charge on any atom is -0.494 e. The lowest BCUT2D eigenvalue weighted by atomic mass is 9.97. The highest BCUT2D eigenvalue weighted by Crippen LogP contribution is 2.40. The van der Waals surface area contributed by atoms with Gasteiger partial charge in [-0.2, -0.15) is 0 Å². The number of hydrogen-bond acceptors (Lipinski definition) is 4. The molecule has 3 aromatic carbocycles. The number of amides is 1. The number of hydrogen-bond donors (Lipinski definition) is 0. The van der Waals surface area contributed by atoms with Crippen LogP contribution in [0.15, 0.2) is 69.9 Å². The molecule has 0 radical (unpaired) electrons. The quantitative estimate of drug-likeness (QED) is 0.346. The van der Waals surface area contributed by atoms with Crippen molar-refractivity contribution in [2.45, 2.75) is 33.4 Å². The first-order chi connectivity index (χ1) is 16.4. The third-order valence-electron chi connectivity index (χ3n) is 6.39. The van der Waals surface area contributed by atoms with Crippen molar-refractivity contribution in [2.24, 2.45) is 0 Å². The molecule has 0 fully saturated rings. The average molecular weight is 474 g/mol. The van der Waals surface area contributed by atoms with Gasteiger partial charge >= 0.3 is 0 Å². The Morgan fingerprint density at radius 3 is 2.41 bits per heavy atom. The van der Waals surface area contributed by atoms with Crippen LogP contribution in [0.3, 0.4) is 0 Å². The molecule has 0 bridgehead atoms. The van der Waals surface area contributed by atoms with Crippen molar-refractivity contribution in [3.63, 3.8) is 0 Å². The summed E-state index contributed by atoms with van der Waals surface area (Å²) in [6.07, 6.45) is 0. The Balaban J connectivity index is 1.71. The second kappa shape index (κ2) is 8.65. The summed E-state index contributed by atoms with van der Waals surface area (Å²) in [6.45, 7) is 6.63. The lowest BCUT2D eigenvalue weighted by molar-refractivity contribution is 0.0714. The SMILES string of the molecule is CCOc1ccc(C2c3c(oc4cc(C)c(C)cc4c3=O)C(=O)N2Cc2ccccc2Cl)cc1. The van der Waals surface area contributed by atoms with Crippen LogP contribution in [-0.4, -0.2) is 17.4 Å². The largest absolute Gasteiger partial charge is 0.494 e. The van der Waals surface area contributed by atoms with Crippen molar-refractivity contribution in [1.29, 1.82) is 0 Å². The molecule has 0 saturated heterocycles. The molecule has 5 rings (SSSR count). The van der Waals surface area contributed by atoms with Crippen LogP contribution in [0.2, 0.25) is 5.02 Å². The fraction of sp³-hybridized carbons (Fsp3) is 0.214. The van der Waals surface area contributed by atoms with E-state index in [2.05, 4.69) is 0 Å². The number of benzene rings is 3. The molecule has 2 heterocycles. The average Bonchev–Trinajstić information content (AvgIpc) is 3.09. The Morgan fingerprint density at radius 1 is 1.00 bits per heavy atom. The third-order valence-corrected chi connectivity index (χ3v) is 6.76. The van der Waals surface area contributed by atoms with E-state index in [-0.39, 0.29) is 23.6 Å². The zero-order valence-corrected chi connectivity index (χ0v) is 20.0. The van der Waals surface area contributed by atoms with E-state index in [1.54, 1.807) is 11.0 Å². The molecule has 0 aliphatic carbocycles. The first kappa shape index (κ1) is 22.2. The van der Waals surface area contributed by atoms with Gasteiger partial charge < -0.3 is 14.1 Å². The first-order valence-electron chi connectivity index (χ1n) is 11.2. The molecule has 4 aromatic rings. The van der Waals surface area contributed by atoms with Crippen LogP contribution in [0.1, 0.15) is 51.3 Å². The standard InChI is InChI=1S/C28H24ClNO4/c1-4-33-20-11-9-18(10-12-20)25-24-26(31)21-13-16(2)17(3)14-23(21)34-27(24)28(32)30(25)15-19-7-5-6-8-22(19)29/h5-14,25H,4,15H2,1-3H3. The molecule has 172 valence electrons. The third kappa shape index (κ3) is 3.66. The fourth-order valence-electron chi connectivity index (χ4n) is 4.51. The zero-order valence-electron chi connectivity index (χ0n) is 19.2. The summed E-state index contributed by atoms with van der Waals surface area (Å²) >= 11 is 6.42. The topological polar surface area (TPSA) is 59.8 Å². The van der Waals surface area contributed by atoms with Gasteiger partial charge in [-0.25, -0.2) is 0 Å². The highest BCUT2D eigenvalue weighted by Gasteiger charge is 2.43. The predicted molar refractivity (Wildman–Crippen MR) is 133 cm³/mol. The van der Waals surface area contributed by atoms with Crippen LogP contribution in [-0.2, 0) is 6.54 Å². The predicted octanol–water partition coefficient (Wildman–Crippen LogP) is 6.21. The van der Waals surface area contributed by atoms with Crippen LogP contribution >= 0.6 is 11.6 Å². The van der Waals surface area contributed by atoms with E-state index in [4.69, 9.17) is 20.8 Å². The van der Waals surface area contributed by atoms with E-state index >= 15 is 0 Å². The van der Waals surface area contributed by atoms with Crippen molar-refractivity contribution in [1.82, 2.24) is 4.90 Å². The van der Waals surface area contributed by atoms with Crippen molar-refractivity contribution < 1.29 is 13.9 Å². The van der Waals surface area contributed by atoms with Gasteiger partial charge in [-0.05, 0) is 73.4 Å². The molecular weight excluding hydrogens is 450 g/mol. The van der Waals surface area contributed by atoms with Gasteiger partial charge in [0.05, 0.1) is 23.6 Å². The van der Waals surface area contributed by atoms with E-state index in [0.29, 0.717) is 28.2 Å². The van der Waals surface area contributed by atoms with Gasteiger partial charge in [-0.1, -0.05) is 41.9 Å². The monoisotopic (exact) mass is 473 g/mol. The molecule has 0 spiro atoms. The Kier molecular flexibility index (Phi) is 5.66. The molecule has 6 heteroatoms. The lowest BCUT2D eigenvalue weighted by Gasteiger charge is -2.25. The Morgan fingerprint density at radius 2 is 1.71 bits per heavy atom. The van der Waals surface area contributed by atoms with E-state index < -0.39 is 6.04 Å². The van der Waals surface area contributed by atoms with E-state index in [1.165, 1.54) is 0 Å². The summed E-state index contributed by atoms with van der Waals surface area (Å²) < 4.78 is 11.7. The number of nitrogens with zero attached hydrogens (tertiary/aromatic N) is 1. The van der Waals surface area contributed by atoms with Gasteiger partial charge in [0.15, 0.2) is 5.43 Å². The minimum atomic E-state index is -0.600. The van der Waals surface area contributed by atoms with Crippen molar-refractivity contribution in [3.05, 3.63) is 109 Å². The smallest absolute Gasteiger partial charge is 0.291 e. The highest BCUT2D eigenvalue weighted by molar-refractivity contribution is 6.31.